The zero-order valence-corrected chi connectivity index (χ0v) is 19.6. The molecule has 0 aliphatic carbocycles. The van der Waals surface area contributed by atoms with Gasteiger partial charge in [-0.3, -0.25) is 9.59 Å². The third-order valence-corrected chi connectivity index (χ3v) is 5.62. The summed E-state index contributed by atoms with van der Waals surface area (Å²) in [5.74, 6) is 0.0595. The number of amides is 2. The standard InChI is InChI=1S/C24H30Cl2N2O2/c1-5-22(24(30)27-14-16(2)3)28(15-19-9-7-6-8-17(19)4)23(29)12-18-10-11-20(25)13-21(18)26/h6-11,13,16,22H,5,12,14-15H2,1-4H3,(H,27,30)/t22-/m0/s1. The highest BCUT2D eigenvalue weighted by Gasteiger charge is 2.29. The fourth-order valence-electron chi connectivity index (χ4n) is 3.24. The van der Waals surface area contributed by atoms with E-state index in [0.717, 1.165) is 11.1 Å². The second-order valence-corrected chi connectivity index (χ2v) is 8.77. The van der Waals surface area contributed by atoms with Gasteiger partial charge < -0.3 is 10.2 Å². The lowest BCUT2D eigenvalue weighted by Crippen LogP contribution is -2.50. The van der Waals surface area contributed by atoms with E-state index in [4.69, 9.17) is 23.2 Å². The van der Waals surface area contributed by atoms with Crippen molar-refractivity contribution < 1.29 is 9.59 Å². The topological polar surface area (TPSA) is 49.4 Å². The quantitative estimate of drug-likeness (QED) is 0.556. The van der Waals surface area contributed by atoms with Gasteiger partial charge in [0.25, 0.3) is 0 Å². The summed E-state index contributed by atoms with van der Waals surface area (Å²) in [6.45, 7) is 8.95. The highest BCUT2D eigenvalue weighted by Crippen LogP contribution is 2.23. The maximum atomic E-state index is 13.4. The van der Waals surface area contributed by atoms with Gasteiger partial charge in [0.1, 0.15) is 6.04 Å². The first-order valence-corrected chi connectivity index (χ1v) is 11.0. The van der Waals surface area contributed by atoms with Gasteiger partial charge in [-0.1, -0.05) is 74.3 Å². The van der Waals surface area contributed by atoms with Gasteiger partial charge in [0, 0.05) is 23.1 Å². The van der Waals surface area contributed by atoms with E-state index in [1.807, 2.05) is 52.0 Å². The maximum Gasteiger partial charge on any atom is 0.242 e. The molecule has 30 heavy (non-hydrogen) atoms. The number of nitrogens with zero attached hydrogens (tertiary/aromatic N) is 1. The van der Waals surface area contributed by atoms with Gasteiger partial charge >= 0.3 is 0 Å². The molecule has 0 aliphatic rings. The third kappa shape index (κ3) is 6.75. The molecule has 0 saturated carbocycles. The highest BCUT2D eigenvalue weighted by atomic mass is 35.5. The van der Waals surface area contributed by atoms with E-state index < -0.39 is 6.04 Å². The van der Waals surface area contributed by atoms with Gasteiger partial charge in [0.15, 0.2) is 0 Å². The second-order valence-electron chi connectivity index (χ2n) is 7.92. The number of rotatable bonds is 9. The fourth-order valence-corrected chi connectivity index (χ4v) is 3.72. The lowest BCUT2D eigenvalue weighted by atomic mass is 10.0. The lowest BCUT2D eigenvalue weighted by molar-refractivity contribution is -0.141. The maximum absolute atomic E-state index is 13.4. The summed E-state index contributed by atoms with van der Waals surface area (Å²) in [5.41, 5.74) is 2.79. The first-order chi connectivity index (χ1) is 14.2. The zero-order chi connectivity index (χ0) is 22.3. The van der Waals surface area contributed by atoms with E-state index in [-0.39, 0.29) is 18.2 Å². The summed E-state index contributed by atoms with van der Waals surface area (Å²) in [5, 5.41) is 3.94. The Hall–Kier alpha value is -2.04. The molecule has 0 fully saturated rings. The summed E-state index contributed by atoms with van der Waals surface area (Å²) in [4.78, 5) is 27.9. The van der Waals surface area contributed by atoms with E-state index in [1.165, 1.54) is 0 Å². The number of carbonyl (C=O) groups is 2. The minimum absolute atomic E-state index is 0.107. The van der Waals surface area contributed by atoms with Crippen LogP contribution in [-0.4, -0.2) is 29.3 Å². The normalized spacial score (nSPS) is 12.0. The SMILES string of the molecule is CC[C@@H](C(=O)NCC(C)C)N(Cc1ccccc1C)C(=O)Cc1ccc(Cl)cc1Cl. The molecule has 0 bridgehead atoms. The van der Waals surface area contributed by atoms with Crippen LogP contribution in [0.4, 0.5) is 0 Å². The molecule has 1 atom stereocenters. The first kappa shape index (κ1) is 24.2. The van der Waals surface area contributed by atoms with E-state index in [0.29, 0.717) is 41.0 Å². The molecular weight excluding hydrogens is 419 g/mol. The van der Waals surface area contributed by atoms with Gasteiger partial charge in [0.2, 0.25) is 11.8 Å². The van der Waals surface area contributed by atoms with Crippen LogP contribution < -0.4 is 5.32 Å². The highest BCUT2D eigenvalue weighted by molar-refractivity contribution is 6.35. The molecular formula is C24H30Cl2N2O2. The van der Waals surface area contributed by atoms with Crippen molar-refractivity contribution in [2.45, 2.75) is 53.1 Å². The van der Waals surface area contributed by atoms with Crippen molar-refractivity contribution in [3.8, 4) is 0 Å². The fraction of sp³-hybridized carbons (Fsp3) is 0.417. The molecule has 0 spiro atoms. The van der Waals surface area contributed by atoms with E-state index in [9.17, 15) is 9.59 Å². The van der Waals surface area contributed by atoms with E-state index in [2.05, 4.69) is 5.32 Å². The molecule has 0 aromatic heterocycles. The van der Waals surface area contributed by atoms with Crippen LogP contribution in [0.1, 0.15) is 43.9 Å². The molecule has 0 unspecified atom stereocenters. The molecule has 162 valence electrons. The number of benzene rings is 2. The largest absolute Gasteiger partial charge is 0.354 e. The van der Waals surface area contributed by atoms with Crippen molar-refractivity contribution in [3.05, 3.63) is 69.2 Å². The number of hydrogen-bond donors (Lipinski definition) is 1. The molecule has 2 amide bonds. The Morgan fingerprint density at radius 3 is 2.37 bits per heavy atom. The van der Waals surface area contributed by atoms with Gasteiger partial charge in [-0.25, -0.2) is 0 Å². The number of carbonyl (C=O) groups excluding carboxylic acids is 2. The minimum Gasteiger partial charge on any atom is -0.354 e. The number of aryl methyl sites for hydroxylation is 1. The van der Waals surface area contributed by atoms with Gasteiger partial charge in [-0.15, -0.1) is 0 Å². The van der Waals surface area contributed by atoms with E-state index >= 15 is 0 Å². The summed E-state index contributed by atoms with van der Waals surface area (Å²) < 4.78 is 0. The molecule has 4 nitrogen and oxygen atoms in total. The van der Waals surface area contributed by atoms with Crippen LogP contribution in [0.15, 0.2) is 42.5 Å². The minimum atomic E-state index is -0.554. The summed E-state index contributed by atoms with van der Waals surface area (Å²) in [6, 6.07) is 12.5. The predicted molar refractivity (Wildman–Crippen MR) is 124 cm³/mol. The van der Waals surface area contributed by atoms with E-state index in [1.54, 1.807) is 23.1 Å². The summed E-state index contributed by atoms with van der Waals surface area (Å²) in [6.07, 6.45) is 0.631. The smallest absolute Gasteiger partial charge is 0.242 e. The van der Waals surface area contributed by atoms with Crippen molar-refractivity contribution in [3.63, 3.8) is 0 Å². The molecule has 2 aromatic carbocycles. The van der Waals surface area contributed by atoms with Crippen LogP contribution in [0.3, 0.4) is 0 Å². The van der Waals surface area contributed by atoms with Crippen LogP contribution in [0, 0.1) is 12.8 Å². The summed E-state index contributed by atoms with van der Waals surface area (Å²) in [7, 11) is 0. The predicted octanol–water partition coefficient (Wildman–Crippen LogP) is 5.42. The molecule has 0 aliphatic heterocycles. The van der Waals surface area contributed by atoms with Crippen molar-refractivity contribution in [2.75, 3.05) is 6.54 Å². The monoisotopic (exact) mass is 448 g/mol. The lowest BCUT2D eigenvalue weighted by Gasteiger charge is -2.31. The van der Waals surface area contributed by atoms with Crippen molar-refractivity contribution in [2.24, 2.45) is 5.92 Å². The average Bonchev–Trinajstić information content (AvgIpc) is 2.69. The van der Waals surface area contributed by atoms with Crippen LogP contribution in [0.2, 0.25) is 10.0 Å². The molecule has 1 N–H and O–H groups in total. The third-order valence-electron chi connectivity index (χ3n) is 5.03. The van der Waals surface area contributed by atoms with Gasteiger partial charge in [-0.2, -0.15) is 0 Å². The number of halogens is 2. The number of nitrogens with one attached hydrogen (secondary N) is 1. The Labute approximate surface area is 189 Å². The molecule has 2 aromatic rings. The molecule has 2 rings (SSSR count). The van der Waals surface area contributed by atoms with Crippen molar-refractivity contribution >= 4 is 35.0 Å². The van der Waals surface area contributed by atoms with Gasteiger partial charge in [-0.05, 0) is 48.1 Å². The summed E-state index contributed by atoms with van der Waals surface area (Å²) >= 11 is 12.3. The Morgan fingerprint density at radius 1 is 1.07 bits per heavy atom. The molecule has 6 heteroatoms. The average molecular weight is 449 g/mol. The van der Waals surface area contributed by atoms with Crippen LogP contribution in [-0.2, 0) is 22.6 Å². The first-order valence-electron chi connectivity index (χ1n) is 10.3. The zero-order valence-electron chi connectivity index (χ0n) is 18.0. The Bertz CT molecular complexity index is 883. The Kier molecular flexibility index (Phi) is 9.19. The molecule has 0 saturated heterocycles. The Balaban J connectivity index is 2.32. The van der Waals surface area contributed by atoms with Crippen LogP contribution >= 0.6 is 23.2 Å². The molecule has 0 radical (unpaired) electrons. The number of hydrogen-bond acceptors (Lipinski definition) is 2. The Morgan fingerprint density at radius 2 is 1.77 bits per heavy atom. The van der Waals surface area contributed by atoms with Crippen LogP contribution in [0.25, 0.3) is 0 Å². The second kappa shape index (κ2) is 11.4. The van der Waals surface area contributed by atoms with Gasteiger partial charge in [0.05, 0.1) is 6.42 Å². The van der Waals surface area contributed by atoms with Crippen molar-refractivity contribution in [1.82, 2.24) is 10.2 Å². The molecule has 0 heterocycles. The van der Waals surface area contributed by atoms with Crippen LogP contribution in [0.5, 0.6) is 0 Å². The van der Waals surface area contributed by atoms with Crippen molar-refractivity contribution in [1.29, 1.82) is 0 Å².